The molecule has 0 spiro atoms. The van der Waals surface area contributed by atoms with Gasteiger partial charge in [-0.25, -0.2) is 14.2 Å². The fourth-order valence-corrected chi connectivity index (χ4v) is 5.02. The highest BCUT2D eigenvalue weighted by molar-refractivity contribution is 7.99. The first-order chi connectivity index (χ1) is 14.4. The molecule has 4 rings (SSSR count). The summed E-state index contributed by atoms with van der Waals surface area (Å²) in [6.45, 7) is 1.02. The smallest absolute Gasteiger partial charge is 0.332 e. The molecule has 0 N–H and O–H groups in total. The van der Waals surface area contributed by atoms with E-state index in [4.69, 9.17) is 0 Å². The quantitative estimate of drug-likeness (QED) is 0.624. The third-order valence-electron chi connectivity index (χ3n) is 5.47. The zero-order valence-corrected chi connectivity index (χ0v) is 17.6. The fraction of sp³-hybridized carbons (Fsp3) is 0.400. The number of amides is 1. The van der Waals surface area contributed by atoms with Gasteiger partial charge in [-0.2, -0.15) is 11.8 Å². The first-order valence-corrected chi connectivity index (χ1v) is 10.7. The number of hydrogen-bond donors (Lipinski definition) is 0. The van der Waals surface area contributed by atoms with Gasteiger partial charge in [0.25, 0.3) is 5.56 Å². The molecule has 2 aromatic heterocycles. The topological polar surface area (TPSA) is 82.1 Å². The highest BCUT2D eigenvalue weighted by Gasteiger charge is 2.25. The Labute approximate surface area is 175 Å². The zero-order valence-electron chi connectivity index (χ0n) is 16.7. The van der Waals surface area contributed by atoms with Gasteiger partial charge in [0.2, 0.25) is 5.91 Å². The second kappa shape index (κ2) is 8.10. The maximum absolute atomic E-state index is 14.1. The molecule has 0 radical (unpaired) electrons. The Bertz CT molecular complexity index is 1230. The van der Waals surface area contributed by atoms with Gasteiger partial charge in [-0.15, -0.1) is 0 Å². The van der Waals surface area contributed by atoms with E-state index in [1.54, 1.807) is 28.8 Å². The lowest BCUT2D eigenvalue weighted by atomic mass is 10.1. The number of carbonyl (C=O) groups excluding carboxylic acids is 1. The minimum absolute atomic E-state index is 0.0000982. The van der Waals surface area contributed by atoms with Gasteiger partial charge in [0.1, 0.15) is 12.4 Å². The van der Waals surface area contributed by atoms with Gasteiger partial charge in [0.05, 0.1) is 6.33 Å². The minimum Gasteiger partial charge on any atom is -0.340 e. The Morgan fingerprint density at radius 2 is 1.97 bits per heavy atom. The van der Waals surface area contributed by atoms with Crippen molar-refractivity contribution in [1.29, 1.82) is 0 Å². The van der Waals surface area contributed by atoms with E-state index >= 15 is 0 Å². The number of fused-ring (bicyclic) bond motifs is 1. The highest BCUT2D eigenvalue weighted by atomic mass is 32.2. The average Bonchev–Trinajstić information content (AvgIpc) is 2.99. The van der Waals surface area contributed by atoms with Crippen LogP contribution in [0.1, 0.15) is 17.2 Å². The number of benzene rings is 1. The summed E-state index contributed by atoms with van der Waals surface area (Å²) in [7, 11) is 2.94. The zero-order chi connectivity index (χ0) is 21.4. The summed E-state index contributed by atoms with van der Waals surface area (Å²) < 4.78 is 17.9. The Morgan fingerprint density at radius 1 is 1.20 bits per heavy atom. The summed E-state index contributed by atoms with van der Waals surface area (Å²) >= 11 is 1.65. The van der Waals surface area contributed by atoms with Crippen LogP contribution in [-0.2, 0) is 25.4 Å². The Morgan fingerprint density at radius 3 is 2.73 bits per heavy atom. The van der Waals surface area contributed by atoms with E-state index < -0.39 is 11.2 Å². The van der Waals surface area contributed by atoms with Crippen LogP contribution in [0.4, 0.5) is 4.39 Å². The maximum Gasteiger partial charge on any atom is 0.332 e. The summed E-state index contributed by atoms with van der Waals surface area (Å²) in [6.07, 6.45) is 2.07. The third kappa shape index (κ3) is 3.55. The summed E-state index contributed by atoms with van der Waals surface area (Å²) in [5.74, 6) is 0.340. The Hall–Kier alpha value is -2.88. The Balaban J connectivity index is 1.53. The van der Waals surface area contributed by atoms with Crippen LogP contribution in [0.3, 0.4) is 0 Å². The largest absolute Gasteiger partial charge is 0.340 e. The van der Waals surface area contributed by atoms with E-state index in [2.05, 4.69) is 4.98 Å². The molecule has 0 saturated carbocycles. The van der Waals surface area contributed by atoms with Gasteiger partial charge in [0.15, 0.2) is 11.2 Å². The molecule has 3 heterocycles. The lowest BCUT2D eigenvalue weighted by molar-refractivity contribution is -0.131. The number of nitrogens with zero attached hydrogens (tertiary/aromatic N) is 5. The van der Waals surface area contributed by atoms with E-state index in [1.807, 2.05) is 6.07 Å². The van der Waals surface area contributed by atoms with Crippen molar-refractivity contribution in [3.63, 3.8) is 0 Å². The van der Waals surface area contributed by atoms with E-state index in [-0.39, 0.29) is 34.7 Å². The summed E-state index contributed by atoms with van der Waals surface area (Å²) in [5.41, 5.74) is 0.197. The lowest BCUT2D eigenvalue weighted by Gasteiger charge is -2.21. The number of aryl methyl sites for hydroxylation is 1. The molecule has 0 aliphatic carbocycles. The minimum atomic E-state index is -0.482. The van der Waals surface area contributed by atoms with Gasteiger partial charge >= 0.3 is 5.69 Å². The molecule has 30 heavy (non-hydrogen) atoms. The van der Waals surface area contributed by atoms with E-state index in [0.29, 0.717) is 30.8 Å². The molecular weight excluding hydrogens is 409 g/mol. The van der Waals surface area contributed by atoms with E-state index in [9.17, 15) is 18.8 Å². The standard InChI is InChI=1S/C20H22FN5O3S/c1-23-18-17(19(28)24(2)20(23)29)26(12-22-18)11-16(27)25-8-7-15(30-10-9-25)13-5-3-4-6-14(13)21/h3-6,12,15H,7-11H2,1-2H3. The number of hydrogen-bond acceptors (Lipinski definition) is 5. The molecule has 10 heteroatoms. The highest BCUT2D eigenvalue weighted by Crippen LogP contribution is 2.35. The molecule has 3 aromatic rings. The van der Waals surface area contributed by atoms with Crippen molar-refractivity contribution < 1.29 is 9.18 Å². The lowest BCUT2D eigenvalue weighted by Crippen LogP contribution is -2.39. The van der Waals surface area contributed by atoms with Crippen LogP contribution >= 0.6 is 11.8 Å². The molecule has 1 unspecified atom stereocenters. The number of imidazole rings is 1. The van der Waals surface area contributed by atoms with Crippen molar-refractivity contribution in [2.75, 3.05) is 18.8 Å². The van der Waals surface area contributed by atoms with Crippen molar-refractivity contribution in [3.8, 4) is 0 Å². The van der Waals surface area contributed by atoms with E-state index in [1.165, 1.54) is 35.6 Å². The molecule has 1 fully saturated rings. The SMILES string of the molecule is Cn1c(=O)c2c(ncn2CC(=O)N2CCSC(c3ccccc3F)CC2)n(C)c1=O. The molecule has 1 aliphatic rings. The van der Waals surface area contributed by atoms with Crippen LogP contribution in [0.5, 0.6) is 0 Å². The molecule has 1 aliphatic heterocycles. The predicted octanol–water partition coefficient (Wildman–Crippen LogP) is 1.28. The fourth-order valence-electron chi connectivity index (χ4n) is 3.77. The van der Waals surface area contributed by atoms with Crippen molar-refractivity contribution in [2.24, 2.45) is 14.1 Å². The van der Waals surface area contributed by atoms with Crippen LogP contribution in [0.25, 0.3) is 11.2 Å². The maximum atomic E-state index is 14.1. The van der Waals surface area contributed by atoms with Crippen LogP contribution < -0.4 is 11.2 Å². The van der Waals surface area contributed by atoms with Crippen LogP contribution in [0, 0.1) is 5.82 Å². The summed E-state index contributed by atoms with van der Waals surface area (Å²) in [5, 5.41) is -0.0000982. The molecular formula is C20H22FN5O3S. The molecule has 1 atom stereocenters. The van der Waals surface area contributed by atoms with E-state index in [0.717, 1.165) is 4.57 Å². The predicted molar refractivity (Wildman–Crippen MR) is 113 cm³/mol. The van der Waals surface area contributed by atoms with Crippen molar-refractivity contribution in [2.45, 2.75) is 18.2 Å². The molecule has 1 saturated heterocycles. The number of halogens is 1. The van der Waals surface area contributed by atoms with Crippen molar-refractivity contribution in [1.82, 2.24) is 23.6 Å². The van der Waals surface area contributed by atoms with Crippen LogP contribution in [-0.4, -0.2) is 48.3 Å². The summed E-state index contributed by atoms with van der Waals surface area (Å²) in [4.78, 5) is 43.5. The van der Waals surface area contributed by atoms with Gasteiger partial charge in [0, 0.05) is 43.8 Å². The van der Waals surface area contributed by atoms with Crippen molar-refractivity contribution >= 4 is 28.8 Å². The number of carbonyl (C=O) groups is 1. The molecule has 158 valence electrons. The van der Waals surface area contributed by atoms with Crippen LogP contribution in [0.15, 0.2) is 40.2 Å². The first kappa shape index (κ1) is 20.4. The molecule has 8 nitrogen and oxygen atoms in total. The second-order valence-corrected chi connectivity index (χ2v) is 8.61. The Kier molecular flexibility index (Phi) is 5.50. The second-order valence-electron chi connectivity index (χ2n) is 7.30. The van der Waals surface area contributed by atoms with Crippen LogP contribution in [0.2, 0.25) is 0 Å². The molecule has 0 bridgehead atoms. The normalized spacial score (nSPS) is 17.3. The van der Waals surface area contributed by atoms with Gasteiger partial charge < -0.3 is 9.47 Å². The number of thioether (sulfide) groups is 1. The van der Waals surface area contributed by atoms with Gasteiger partial charge in [-0.05, 0) is 12.5 Å². The number of rotatable bonds is 3. The first-order valence-electron chi connectivity index (χ1n) is 9.63. The van der Waals surface area contributed by atoms with Crippen molar-refractivity contribution in [3.05, 3.63) is 62.8 Å². The summed E-state index contributed by atoms with van der Waals surface area (Å²) in [6, 6.07) is 6.75. The monoisotopic (exact) mass is 431 g/mol. The number of aromatic nitrogens is 4. The van der Waals surface area contributed by atoms with Gasteiger partial charge in [-0.3, -0.25) is 18.7 Å². The molecule has 1 amide bonds. The van der Waals surface area contributed by atoms with Gasteiger partial charge in [-0.1, -0.05) is 18.2 Å². The average molecular weight is 431 g/mol. The third-order valence-corrected chi connectivity index (χ3v) is 6.78. The molecule has 1 aromatic carbocycles.